The molecule has 3 N–H and O–H groups in total. The van der Waals surface area contributed by atoms with Crippen LogP contribution >= 0.6 is 0 Å². The Bertz CT molecular complexity index is 1010. The van der Waals surface area contributed by atoms with Gasteiger partial charge in [-0.2, -0.15) is 13.2 Å². The number of hydrazine groups is 1. The summed E-state index contributed by atoms with van der Waals surface area (Å²) < 4.78 is 39.2. The Labute approximate surface area is 182 Å². The number of fused-ring (bicyclic) bond motifs is 1. The van der Waals surface area contributed by atoms with Crippen LogP contribution in [0.2, 0.25) is 0 Å². The number of carbonyl (C=O) groups excluding carboxylic acids is 3. The van der Waals surface area contributed by atoms with Crippen LogP contribution in [0.1, 0.15) is 42.1 Å². The lowest BCUT2D eigenvalue weighted by molar-refractivity contribution is -0.137. The minimum atomic E-state index is -4.58. The number of amides is 3. The molecule has 0 saturated heterocycles. The number of halogens is 3. The molecule has 170 valence electrons. The molecule has 1 aliphatic heterocycles. The third kappa shape index (κ3) is 5.19. The maximum atomic E-state index is 13.1. The number of rotatable bonds is 7. The summed E-state index contributed by atoms with van der Waals surface area (Å²) in [7, 11) is 0. The molecule has 1 heterocycles. The normalized spacial score (nSPS) is 16.1. The van der Waals surface area contributed by atoms with Gasteiger partial charge in [0.25, 0.3) is 5.91 Å². The fraction of sp³-hybridized carbons (Fsp3) is 0.318. The monoisotopic (exact) mass is 448 g/mol. The number of nitrogens with one attached hydrogen (secondary N) is 3. The average Bonchev–Trinajstić information content (AvgIpc) is 2.86. The van der Waals surface area contributed by atoms with Crippen molar-refractivity contribution in [1.82, 2.24) is 10.7 Å². The van der Waals surface area contributed by atoms with Crippen molar-refractivity contribution >= 4 is 29.1 Å². The fourth-order valence-corrected chi connectivity index (χ4v) is 3.47. The number of benzene rings is 2. The van der Waals surface area contributed by atoms with E-state index in [0.29, 0.717) is 24.2 Å². The van der Waals surface area contributed by atoms with Crippen molar-refractivity contribution in [3.8, 4) is 0 Å². The fourth-order valence-electron chi connectivity index (χ4n) is 3.47. The predicted molar refractivity (Wildman–Crippen MR) is 113 cm³/mol. The van der Waals surface area contributed by atoms with E-state index in [-0.39, 0.29) is 24.4 Å². The van der Waals surface area contributed by atoms with Gasteiger partial charge in [-0.05, 0) is 37.1 Å². The van der Waals surface area contributed by atoms with E-state index in [9.17, 15) is 27.6 Å². The van der Waals surface area contributed by atoms with Crippen LogP contribution in [0.15, 0.2) is 48.5 Å². The SMILES string of the molecule is CCCN1C(=O)C(CCC(=O)NNc2ccccc2C(F)(F)F)NC(=O)c2ccccc21. The van der Waals surface area contributed by atoms with Crippen LogP contribution in [0, 0.1) is 0 Å². The van der Waals surface area contributed by atoms with Crippen molar-refractivity contribution in [1.29, 1.82) is 0 Å². The number of anilines is 2. The highest BCUT2D eigenvalue weighted by atomic mass is 19.4. The number of nitrogens with zero attached hydrogens (tertiary/aromatic N) is 1. The van der Waals surface area contributed by atoms with Crippen molar-refractivity contribution in [3.05, 3.63) is 59.7 Å². The lowest BCUT2D eigenvalue weighted by Gasteiger charge is -2.24. The topological polar surface area (TPSA) is 90.5 Å². The van der Waals surface area contributed by atoms with Gasteiger partial charge in [-0.15, -0.1) is 0 Å². The van der Waals surface area contributed by atoms with Crippen LogP contribution in [0.5, 0.6) is 0 Å². The van der Waals surface area contributed by atoms with Crippen molar-refractivity contribution < 1.29 is 27.6 Å². The summed E-state index contributed by atoms with van der Waals surface area (Å²) in [6.45, 7) is 2.31. The highest BCUT2D eigenvalue weighted by Gasteiger charge is 2.34. The van der Waals surface area contributed by atoms with Gasteiger partial charge in [-0.3, -0.25) is 25.2 Å². The molecule has 1 unspecified atom stereocenters. The summed E-state index contributed by atoms with van der Waals surface area (Å²) >= 11 is 0. The van der Waals surface area contributed by atoms with Crippen molar-refractivity contribution in [2.24, 2.45) is 0 Å². The summed E-state index contributed by atoms with van der Waals surface area (Å²) in [6, 6.07) is 10.6. The van der Waals surface area contributed by atoms with Crippen LogP contribution in [-0.2, 0) is 15.8 Å². The van der Waals surface area contributed by atoms with E-state index < -0.39 is 29.6 Å². The van der Waals surface area contributed by atoms with E-state index in [1.165, 1.54) is 23.1 Å². The molecule has 0 radical (unpaired) electrons. The van der Waals surface area contributed by atoms with Gasteiger partial charge in [0.2, 0.25) is 11.8 Å². The number of para-hydroxylation sites is 2. The minimum absolute atomic E-state index is 0.00674. The summed E-state index contributed by atoms with van der Waals surface area (Å²) in [5.74, 6) is -1.38. The van der Waals surface area contributed by atoms with E-state index in [4.69, 9.17) is 0 Å². The highest BCUT2D eigenvalue weighted by molar-refractivity contribution is 6.11. The molecule has 0 aromatic heterocycles. The first-order valence-electron chi connectivity index (χ1n) is 10.1. The molecule has 3 rings (SSSR count). The molecule has 10 heteroatoms. The van der Waals surface area contributed by atoms with Gasteiger partial charge in [-0.25, -0.2) is 0 Å². The number of hydrogen-bond acceptors (Lipinski definition) is 4. The smallest absolute Gasteiger partial charge is 0.340 e. The van der Waals surface area contributed by atoms with E-state index in [1.54, 1.807) is 24.3 Å². The predicted octanol–water partition coefficient (Wildman–Crippen LogP) is 3.48. The molecule has 3 amide bonds. The second kappa shape index (κ2) is 9.71. The van der Waals surface area contributed by atoms with Gasteiger partial charge in [0.15, 0.2) is 0 Å². The zero-order chi connectivity index (χ0) is 23.3. The molecule has 0 fully saturated rings. The van der Waals surface area contributed by atoms with E-state index >= 15 is 0 Å². The van der Waals surface area contributed by atoms with Crippen LogP contribution in [-0.4, -0.2) is 30.3 Å². The Balaban J connectivity index is 1.65. The third-order valence-corrected chi connectivity index (χ3v) is 4.99. The largest absolute Gasteiger partial charge is 0.418 e. The van der Waals surface area contributed by atoms with E-state index in [0.717, 1.165) is 6.07 Å². The zero-order valence-electron chi connectivity index (χ0n) is 17.3. The Morgan fingerprint density at radius 1 is 1.09 bits per heavy atom. The van der Waals surface area contributed by atoms with E-state index in [1.807, 2.05) is 6.92 Å². The lowest BCUT2D eigenvalue weighted by atomic mass is 10.1. The third-order valence-electron chi connectivity index (χ3n) is 4.99. The second-order valence-electron chi connectivity index (χ2n) is 7.29. The van der Waals surface area contributed by atoms with Crippen molar-refractivity contribution in [3.63, 3.8) is 0 Å². The molecule has 0 bridgehead atoms. The van der Waals surface area contributed by atoms with Gasteiger partial charge in [0.05, 0.1) is 22.5 Å². The molecule has 1 aliphatic rings. The van der Waals surface area contributed by atoms with Crippen LogP contribution in [0.3, 0.4) is 0 Å². The molecule has 32 heavy (non-hydrogen) atoms. The van der Waals surface area contributed by atoms with Gasteiger partial charge in [0, 0.05) is 13.0 Å². The molecule has 1 atom stereocenters. The number of alkyl halides is 3. The summed E-state index contributed by atoms with van der Waals surface area (Å²) in [5.41, 5.74) is 4.16. The standard InChI is InChI=1S/C22H23F3N4O3/c1-2-13-29-18-10-6-3-7-14(18)20(31)26-17(21(29)32)11-12-19(30)28-27-16-9-5-4-8-15(16)22(23,24)25/h3-10,17,27H,2,11-13H2,1H3,(H,26,31)(H,28,30). The van der Waals surface area contributed by atoms with Crippen LogP contribution in [0.25, 0.3) is 0 Å². The van der Waals surface area contributed by atoms with Gasteiger partial charge >= 0.3 is 6.18 Å². The Morgan fingerprint density at radius 2 is 1.78 bits per heavy atom. The molecular formula is C22H23F3N4O3. The van der Waals surface area contributed by atoms with Crippen LogP contribution < -0.4 is 21.1 Å². The van der Waals surface area contributed by atoms with Crippen molar-refractivity contribution in [2.45, 2.75) is 38.4 Å². The van der Waals surface area contributed by atoms with Gasteiger partial charge in [-0.1, -0.05) is 31.2 Å². The van der Waals surface area contributed by atoms with Crippen LogP contribution in [0.4, 0.5) is 24.5 Å². The summed E-state index contributed by atoms with van der Waals surface area (Å²) in [6.07, 6.45) is -4.10. The molecule has 0 saturated carbocycles. The summed E-state index contributed by atoms with van der Waals surface area (Å²) in [4.78, 5) is 39.4. The first-order chi connectivity index (χ1) is 15.2. The zero-order valence-corrected chi connectivity index (χ0v) is 17.3. The molecule has 0 spiro atoms. The van der Waals surface area contributed by atoms with Gasteiger partial charge in [0.1, 0.15) is 6.04 Å². The Morgan fingerprint density at radius 3 is 2.50 bits per heavy atom. The molecular weight excluding hydrogens is 425 g/mol. The van der Waals surface area contributed by atoms with E-state index in [2.05, 4.69) is 16.2 Å². The maximum absolute atomic E-state index is 13.1. The second-order valence-corrected chi connectivity index (χ2v) is 7.29. The highest BCUT2D eigenvalue weighted by Crippen LogP contribution is 2.34. The average molecular weight is 448 g/mol. The first kappa shape index (κ1) is 23.1. The molecule has 2 aromatic rings. The quantitative estimate of drug-likeness (QED) is 0.566. The number of hydrogen-bond donors (Lipinski definition) is 3. The minimum Gasteiger partial charge on any atom is -0.340 e. The van der Waals surface area contributed by atoms with Gasteiger partial charge < -0.3 is 10.2 Å². The molecule has 2 aromatic carbocycles. The Kier molecular flexibility index (Phi) is 7.01. The first-order valence-corrected chi connectivity index (χ1v) is 10.1. The number of carbonyl (C=O) groups is 3. The lowest BCUT2D eigenvalue weighted by Crippen LogP contribution is -2.46. The van der Waals surface area contributed by atoms with Crippen molar-refractivity contribution in [2.75, 3.05) is 16.9 Å². The summed E-state index contributed by atoms with van der Waals surface area (Å²) in [5, 5.41) is 2.65. The molecule has 0 aliphatic carbocycles. The Hall–Kier alpha value is -3.56. The maximum Gasteiger partial charge on any atom is 0.418 e. The molecule has 7 nitrogen and oxygen atoms in total.